The maximum absolute atomic E-state index is 12.4. The third kappa shape index (κ3) is 3.84. The Bertz CT molecular complexity index is 546. The van der Waals surface area contributed by atoms with Crippen molar-refractivity contribution in [1.29, 1.82) is 0 Å². The van der Waals surface area contributed by atoms with Crippen LogP contribution < -0.4 is 10.6 Å². The highest BCUT2D eigenvalue weighted by Gasteiger charge is 2.37. The van der Waals surface area contributed by atoms with Crippen LogP contribution in [0.3, 0.4) is 0 Å². The van der Waals surface area contributed by atoms with Gasteiger partial charge in [-0.1, -0.05) is 24.6 Å². The summed E-state index contributed by atoms with van der Waals surface area (Å²) in [5, 5.41) is 5.78. The second-order valence-corrected chi connectivity index (χ2v) is 6.45. The molecule has 3 amide bonds. The molecule has 1 saturated carbocycles. The molecule has 0 spiro atoms. The van der Waals surface area contributed by atoms with Gasteiger partial charge in [-0.25, -0.2) is 4.79 Å². The molecule has 3 rings (SSSR count). The first kappa shape index (κ1) is 15.8. The third-order valence-electron chi connectivity index (χ3n) is 4.98. The largest absolute Gasteiger partial charge is 0.350 e. The van der Waals surface area contributed by atoms with Crippen LogP contribution in [0.5, 0.6) is 0 Å². The van der Waals surface area contributed by atoms with Crippen LogP contribution in [0.25, 0.3) is 0 Å². The summed E-state index contributed by atoms with van der Waals surface area (Å²) in [5.74, 6) is 0.598. The van der Waals surface area contributed by atoms with Crippen molar-refractivity contribution in [1.82, 2.24) is 15.5 Å². The maximum atomic E-state index is 12.4. The number of likely N-dealkylation sites (tertiary alicyclic amines) is 1. The highest BCUT2D eigenvalue weighted by molar-refractivity contribution is 5.94. The standard InChI is InChI=1S/C18H25N3O2/c22-17(15-6-2-1-3-7-15)19-11-12-20-18(23)21-13-5-9-14-8-4-10-16(14)21/h1-3,6-7,14,16H,4-5,8-13H2,(H,19,22)(H,20,23)/t14-,16+/m1/s1. The predicted molar refractivity (Wildman–Crippen MR) is 89.2 cm³/mol. The Morgan fingerprint density at radius 2 is 1.74 bits per heavy atom. The van der Waals surface area contributed by atoms with Crippen molar-refractivity contribution in [2.24, 2.45) is 5.92 Å². The fourth-order valence-electron chi connectivity index (χ4n) is 3.84. The first-order valence-corrected chi connectivity index (χ1v) is 8.63. The van der Waals surface area contributed by atoms with Gasteiger partial charge in [-0.15, -0.1) is 0 Å². The van der Waals surface area contributed by atoms with Crippen LogP contribution >= 0.6 is 0 Å². The van der Waals surface area contributed by atoms with Crippen molar-refractivity contribution < 1.29 is 9.59 Å². The molecule has 5 nitrogen and oxygen atoms in total. The van der Waals surface area contributed by atoms with Crippen molar-refractivity contribution >= 4 is 11.9 Å². The molecule has 0 bridgehead atoms. The van der Waals surface area contributed by atoms with Crippen LogP contribution in [0, 0.1) is 5.92 Å². The molecule has 1 saturated heterocycles. The van der Waals surface area contributed by atoms with Crippen molar-refractivity contribution in [2.45, 2.75) is 38.1 Å². The molecule has 0 aromatic heterocycles. The Labute approximate surface area is 137 Å². The van der Waals surface area contributed by atoms with Crippen LogP contribution in [-0.4, -0.2) is 42.5 Å². The van der Waals surface area contributed by atoms with Gasteiger partial charge in [0.15, 0.2) is 0 Å². The van der Waals surface area contributed by atoms with Crippen LogP contribution in [0.4, 0.5) is 4.79 Å². The summed E-state index contributed by atoms with van der Waals surface area (Å²) in [6, 6.07) is 9.57. The fourth-order valence-corrected chi connectivity index (χ4v) is 3.84. The molecule has 1 aromatic carbocycles. The molecule has 5 heteroatoms. The number of fused-ring (bicyclic) bond motifs is 1. The van der Waals surface area contributed by atoms with E-state index >= 15 is 0 Å². The average Bonchev–Trinajstić information content (AvgIpc) is 3.07. The van der Waals surface area contributed by atoms with E-state index in [1.165, 1.54) is 19.3 Å². The summed E-state index contributed by atoms with van der Waals surface area (Å²) in [7, 11) is 0. The summed E-state index contributed by atoms with van der Waals surface area (Å²) in [6.45, 7) is 1.77. The second kappa shape index (κ2) is 7.49. The first-order valence-electron chi connectivity index (χ1n) is 8.63. The number of urea groups is 1. The first-order chi connectivity index (χ1) is 11.3. The van der Waals surface area contributed by atoms with E-state index in [-0.39, 0.29) is 11.9 Å². The van der Waals surface area contributed by atoms with Crippen molar-refractivity contribution in [2.75, 3.05) is 19.6 Å². The van der Waals surface area contributed by atoms with Crippen LogP contribution in [-0.2, 0) is 0 Å². The molecule has 1 aromatic rings. The molecule has 0 radical (unpaired) electrons. The number of nitrogens with zero attached hydrogens (tertiary/aromatic N) is 1. The van der Waals surface area contributed by atoms with Gasteiger partial charge in [0, 0.05) is 31.2 Å². The second-order valence-electron chi connectivity index (χ2n) is 6.45. The molecule has 2 atom stereocenters. The van der Waals surface area contributed by atoms with E-state index in [1.807, 2.05) is 23.1 Å². The fraction of sp³-hybridized carbons (Fsp3) is 0.556. The smallest absolute Gasteiger partial charge is 0.317 e. The topological polar surface area (TPSA) is 61.4 Å². The van der Waals surface area contributed by atoms with Gasteiger partial charge in [0.1, 0.15) is 0 Å². The Kier molecular flexibility index (Phi) is 5.16. The van der Waals surface area contributed by atoms with Crippen LogP contribution in [0.15, 0.2) is 30.3 Å². The van der Waals surface area contributed by atoms with Gasteiger partial charge in [0.25, 0.3) is 5.91 Å². The summed E-state index contributed by atoms with van der Waals surface area (Å²) >= 11 is 0. The highest BCUT2D eigenvalue weighted by atomic mass is 16.2. The molecule has 2 aliphatic rings. The number of nitrogens with one attached hydrogen (secondary N) is 2. The van der Waals surface area contributed by atoms with E-state index in [4.69, 9.17) is 0 Å². The summed E-state index contributed by atoms with van der Waals surface area (Å²) in [4.78, 5) is 26.3. The Morgan fingerprint density at radius 1 is 1.00 bits per heavy atom. The average molecular weight is 315 g/mol. The predicted octanol–water partition coefficient (Wildman–Crippen LogP) is 2.39. The highest BCUT2D eigenvalue weighted by Crippen LogP contribution is 2.36. The van der Waals surface area contributed by atoms with Crippen molar-refractivity contribution in [3.05, 3.63) is 35.9 Å². The molecular weight excluding hydrogens is 290 g/mol. The number of amides is 3. The summed E-state index contributed by atoms with van der Waals surface area (Å²) < 4.78 is 0. The van der Waals surface area contributed by atoms with Crippen LogP contribution in [0.1, 0.15) is 42.5 Å². The molecule has 124 valence electrons. The number of benzene rings is 1. The zero-order valence-electron chi connectivity index (χ0n) is 13.5. The Hall–Kier alpha value is -2.04. The van der Waals surface area contributed by atoms with Gasteiger partial charge >= 0.3 is 6.03 Å². The van der Waals surface area contributed by atoms with Gasteiger partial charge in [-0.05, 0) is 43.7 Å². The number of carbonyl (C=O) groups excluding carboxylic acids is 2. The zero-order valence-corrected chi connectivity index (χ0v) is 13.5. The van der Waals surface area contributed by atoms with Crippen molar-refractivity contribution in [3.63, 3.8) is 0 Å². The SMILES string of the molecule is O=C(NCCNC(=O)N1CCC[C@H]2CCC[C@@H]21)c1ccccc1. The molecule has 2 fully saturated rings. The van der Waals surface area contributed by atoms with Gasteiger partial charge in [0.2, 0.25) is 0 Å². The van der Waals surface area contributed by atoms with Gasteiger partial charge in [-0.3, -0.25) is 4.79 Å². The minimum atomic E-state index is -0.103. The minimum Gasteiger partial charge on any atom is -0.350 e. The van der Waals surface area contributed by atoms with Gasteiger partial charge in [-0.2, -0.15) is 0 Å². The monoisotopic (exact) mass is 315 g/mol. The number of hydrogen-bond acceptors (Lipinski definition) is 2. The van der Waals surface area contributed by atoms with E-state index in [1.54, 1.807) is 12.1 Å². The zero-order chi connectivity index (χ0) is 16.1. The molecule has 1 heterocycles. The third-order valence-corrected chi connectivity index (χ3v) is 4.98. The lowest BCUT2D eigenvalue weighted by Crippen LogP contribution is -2.51. The Morgan fingerprint density at radius 3 is 2.57 bits per heavy atom. The number of rotatable bonds is 4. The summed E-state index contributed by atoms with van der Waals surface area (Å²) in [5.41, 5.74) is 0.642. The lowest BCUT2D eigenvalue weighted by Gasteiger charge is -2.37. The van der Waals surface area contributed by atoms with E-state index in [9.17, 15) is 9.59 Å². The molecule has 1 aliphatic carbocycles. The molecule has 2 N–H and O–H groups in total. The minimum absolute atomic E-state index is 0.0237. The lowest BCUT2D eigenvalue weighted by molar-refractivity contribution is 0.0952. The number of hydrogen-bond donors (Lipinski definition) is 2. The van der Waals surface area contributed by atoms with E-state index in [2.05, 4.69) is 10.6 Å². The van der Waals surface area contributed by atoms with Gasteiger partial charge in [0.05, 0.1) is 0 Å². The number of piperidine rings is 1. The normalized spacial score (nSPS) is 23.2. The van der Waals surface area contributed by atoms with Crippen LogP contribution in [0.2, 0.25) is 0 Å². The van der Waals surface area contributed by atoms with E-state index in [0.29, 0.717) is 30.6 Å². The molecule has 0 unspecified atom stereocenters. The molecule has 1 aliphatic heterocycles. The number of carbonyl (C=O) groups is 2. The summed E-state index contributed by atoms with van der Waals surface area (Å²) in [6.07, 6.45) is 6.03. The Balaban J connectivity index is 1.40. The van der Waals surface area contributed by atoms with Crippen molar-refractivity contribution in [3.8, 4) is 0 Å². The molecule has 23 heavy (non-hydrogen) atoms. The quantitative estimate of drug-likeness (QED) is 0.838. The van der Waals surface area contributed by atoms with Gasteiger partial charge < -0.3 is 15.5 Å². The maximum Gasteiger partial charge on any atom is 0.317 e. The lowest BCUT2D eigenvalue weighted by atomic mass is 9.92. The van der Waals surface area contributed by atoms with E-state index < -0.39 is 0 Å². The molecular formula is C18H25N3O2. The van der Waals surface area contributed by atoms with E-state index in [0.717, 1.165) is 19.4 Å².